The quantitative estimate of drug-likeness (QED) is 0.474. The van der Waals surface area contributed by atoms with E-state index in [1.807, 2.05) is 0 Å². The van der Waals surface area contributed by atoms with Crippen LogP contribution < -0.4 is 5.43 Å². The van der Waals surface area contributed by atoms with E-state index in [9.17, 15) is 4.79 Å². The lowest BCUT2D eigenvalue weighted by molar-refractivity contribution is 0.0529. The average Bonchev–Trinajstić information content (AvgIpc) is 2.31. The molecule has 1 N–H and O–H groups in total. The number of amides is 1. The van der Waals surface area contributed by atoms with E-state index in [1.165, 1.54) is 0 Å². The van der Waals surface area contributed by atoms with Crippen LogP contribution in [-0.4, -0.2) is 17.4 Å². The zero-order chi connectivity index (χ0) is 15.5. The van der Waals surface area contributed by atoms with Crippen LogP contribution in [-0.2, 0) is 4.74 Å². The van der Waals surface area contributed by atoms with Crippen LogP contribution in [0.2, 0.25) is 15.1 Å². The fourth-order valence-electron chi connectivity index (χ4n) is 1.30. The zero-order valence-corrected chi connectivity index (χ0v) is 13.8. The van der Waals surface area contributed by atoms with Crippen molar-refractivity contribution in [1.29, 1.82) is 0 Å². The molecule has 0 bridgehead atoms. The van der Waals surface area contributed by atoms with Crippen LogP contribution in [0.25, 0.3) is 0 Å². The van der Waals surface area contributed by atoms with Crippen molar-refractivity contribution in [2.24, 2.45) is 5.10 Å². The molecule has 0 aromatic heterocycles. The average molecular weight is 338 g/mol. The minimum absolute atomic E-state index is 0.248. The maximum absolute atomic E-state index is 11.5. The molecule has 7 heteroatoms. The smallest absolute Gasteiger partial charge is 0.428 e. The molecule has 1 aromatic carbocycles. The summed E-state index contributed by atoms with van der Waals surface area (Å²) in [6.07, 6.45) is -0.645. The third-order valence-corrected chi connectivity index (χ3v) is 3.43. The summed E-state index contributed by atoms with van der Waals surface area (Å²) in [7, 11) is 0. The number of ether oxygens (including phenoxy) is 1. The number of carbonyl (C=O) groups is 1. The van der Waals surface area contributed by atoms with Crippen molar-refractivity contribution in [3.05, 3.63) is 32.8 Å². The number of nitrogens with one attached hydrogen (secondary N) is 1. The number of hydrogen-bond acceptors (Lipinski definition) is 3. The van der Waals surface area contributed by atoms with E-state index >= 15 is 0 Å². The molecule has 0 spiro atoms. The molecule has 1 rings (SSSR count). The molecule has 1 amide bonds. The largest absolute Gasteiger partial charge is 0.443 e. The Morgan fingerprint density at radius 3 is 2.35 bits per heavy atom. The summed E-state index contributed by atoms with van der Waals surface area (Å²) in [5.41, 5.74) is 2.77. The Morgan fingerprint density at radius 1 is 1.20 bits per heavy atom. The molecule has 0 unspecified atom stereocenters. The summed E-state index contributed by atoms with van der Waals surface area (Å²) >= 11 is 17.9. The Hall–Kier alpha value is -0.970. The lowest BCUT2D eigenvalue weighted by Gasteiger charge is -2.18. The fraction of sp³-hybridized carbons (Fsp3) is 0.385. The van der Waals surface area contributed by atoms with Crippen LogP contribution in [0.3, 0.4) is 0 Å². The van der Waals surface area contributed by atoms with Gasteiger partial charge in [-0.3, -0.25) is 0 Å². The van der Waals surface area contributed by atoms with E-state index in [-0.39, 0.29) is 10.0 Å². The number of halogens is 3. The Balaban J connectivity index is 2.85. The normalized spacial score (nSPS) is 12.2. The summed E-state index contributed by atoms with van der Waals surface area (Å²) in [6.45, 7) is 6.97. The molecule has 0 saturated carbocycles. The highest BCUT2D eigenvalue weighted by atomic mass is 35.5. The van der Waals surface area contributed by atoms with Crippen LogP contribution in [0.1, 0.15) is 33.3 Å². The van der Waals surface area contributed by atoms with Crippen molar-refractivity contribution in [1.82, 2.24) is 5.43 Å². The number of benzene rings is 1. The van der Waals surface area contributed by atoms with E-state index < -0.39 is 11.7 Å². The van der Waals surface area contributed by atoms with Crippen molar-refractivity contribution >= 4 is 46.6 Å². The molecule has 0 fully saturated rings. The number of carbonyl (C=O) groups excluding carboxylic acids is 1. The van der Waals surface area contributed by atoms with Crippen molar-refractivity contribution in [2.45, 2.75) is 33.3 Å². The van der Waals surface area contributed by atoms with E-state index in [0.29, 0.717) is 16.3 Å². The number of hydrogen-bond donors (Lipinski definition) is 1. The summed E-state index contributed by atoms with van der Waals surface area (Å²) in [5, 5.41) is 4.80. The summed E-state index contributed by atoms with van der Waals surface area (Å²) in [4.78, 5) is 11.5. The third-order valence-electron chi connectivity index (χ3n) is 2.14. The maximum Gasteiger partial charge on any atom is 0.428 e. The lowest BCUT2D eigenvalue weighted by atomic mass is 10.1. The first kappa shape index (κ1) is 17.1. The van der Waals surface area contributed by atoms with Crippen LogP contribution in [0.5, 0.6) is 0 Å². The molecule has 110 valence electrons. The highest BCUT2D eigenvalue weighted by Crippen LogP contribution is 2.32. The molecule has 0 atom stereocenters. The van der Waals surface area contributed by atoms with Gasteiger partial charge >= 0.3 is 6.09 Å². The molecule has 4 nitrogen and oxygen atoms in total. The lowest BCUT2D eigenvalue weighted by Crippen LogP contribution is -2.30. The van der Waals surface area contributed by atoms with Crippen LogP contribution in [0, 0.1) is 0 Å². The molecule has 1 aromatic rings. The van der Waals surface area contributed by atoms with Gasteiger partial charge in [0.2, 0.25) is 0 Å². The van der Waals surface area contributed by atoms with Crippen molar-refractivity contribution in [2.75, 3.05) is 0 Å². The second-order valence-corrected chi connectivity index (χ2v) is 6.20. The van der Waals surface area contributed by atoms with Gasteiger partial charge in [-0.1, -0.05) is 40.9 Å². The molecule has 0 radical (unpaired) electrons. The van der Waals surface area contributed by atoms with Gasteiger partial charge < -0.3 is 4.74 Å². The summed E-state index contributed by atoms with van der Waals surface area (Å²) in [6, 6.07) is 3.28. The molecule has 0 heterocycles. The van der Waals surface area contributed by atoms with Gasteiger partial charge in [0.05, 0.1) is 20.8 Å². The van der Waals surface area contributed by atoms with Crippen molar-refractivity contribution < 1.29 is 9.53 Å². The monoisotopic (exact) mass is 336 g/mol. The summed E-state index contributed by atoms with van der Waals surface area (Å²) < 4.78 is 5.06. The van der Waals surface area contributed by atoms with Crippen LogP contribution in [0.15, 0.2) is 17.2 Å². The minimum atomic E-state index is -0.645. The SMILES string of the molecule is C/C(=N\NC(=O)OC(C)(C)C)c1ccc(Cl)c(Cl)c1Cl. The van der Waals surface area contributed by atoms with Gasteiger partial charge in [-0.15, -0.1) is 0 Å². The first-order chi connectivity index (χ1) is 9.11. The Labute approximate surface area is 133 Å². The zero-order valence-electron chi connectivity index (χ0n) is 11.6. The maximum atomic E-state index is 11.5. The minimum Gasteiger partial charge on any atom is -0.443 e. The van der Waals surface area contributed by atoms with Crippen molar-refractivity contribution in [3.8, 4) is 0 Å². The number of hydrazone groups is 1. The second kappa shape index (κ2) is 6.66. The van der Waals surface area contributed by atoms with Gasteiger partial charge in [0.1, 0.15) is 5.60 Å². The Bertz CT molecular complexity index is 551. The first-order valence-electron chi connectivity index (χ1n) is 5.79. The van der Waals surface area contributed by atoms with Gasteiger partial charge in [0.15, 0.2) is 0 Å². The molecule has 0 aliphatic carbocycles. The third kappa shape index (κ3) is 4.85. The molecule has 0 aliphatic heterocycles. The summed E-state index contributed by atoms with van der Waals surface area (Å²) in [5.74, 6) is 0. The molecule has 20 heavy (non-hydrogen) atoms. The van der Waals surface area contributed by atoms with E-state index in [2.05, 4.69) is 10.5 Å². The molecule has 0 saturated heterocycles. The van der Waals surface area contributed by atoms with Gasteiger partial charge in [-0.2, -0.15) is 5.10 Å². The van der Waals surface area contributed by atoms with E-state index in [4.69, 9.17) is 39.5 Å². The standard InChI is InChI=1S/C13H15Cl3N2O2/c1-7(17-18-12(19)20-13(2,3)4)8-5-6-9(14)11(16)10(8)15/h5-6H,1-4H3,(H,18,19)/b17-7+. The highest BCUT2D eigenvalue weighted by molar-refractivity contribution is 6.49. The fourth-order valence-corrected chi connectivity index (χ4v) is 1.97. The predicted octanol–water partition coefficient (Wildman–Crippen LogP) is 4.90. The van der Waals surface area contributed by atoms with Crippen LogP contribution in [0.4, 0.5) is 4.79 Å². The Morgan fingerprint density at radius 2 is 1.80 bits per heavy atom. The molecule has 0 aliphatic rings. The highest BCUT2D eigenvalue weighted by Gasteiger charge is 2.16. The molecular formula is C13H15Cl3N2O2. The van der Waals surface area contributed by atoms with E-state index in [1.54, 1.807) is 39.8 Å². The topological polar surface area (TPSA) is 50.7 Å². The van der Waals surface area contributed by atoms with Gasteiger partial charge in [0.25, 0.3) is 0 Å². The van der Waals surface area contributed by atoms with E-state index in [0.717, 1.165) is 0 Å². The van der Waals surface area contributed by atoms with Crippen LogP contribution >= 0.6 is 34.8 Å². The second-order valence-electron chi connectivity index (χ2n) is 5.03. The van der Waals surface area contributed by atoms with Gasteiger partial charge in [-0.05, 0) is 33.8 Å². The predicted molar refractivity (Wildman–Crippen MR) is 83.1 cm³/mol. The van der Waals surface area contributed by atoms with Gasteiger partial charge in [0, 0.05) is 5.56 Å². The number of nitrogens with zero attached hydrogens (tertiary/aromatic N) is 1. The first-order valence-corrected chi connectivity index (χ1v) is 6.92. The molecular weight excluding hydrogens is 323 g/mol. The van der Waals surface area contributed by atoms with Gasteiger partial charge in [-0.25, -0.2) is 10.2 Å². The Kier molecular flexibility index (Phi) is 5.68. The number of rotatable bonds is 2. The van der Waals surface area contributed by atoms with Crippen molar-refractivity contribution in [3.63, 3.8) is 0 Å².